The van der Waals surface area contributed by atoms with Crippen LogP contribution in [0, 0.1) is 0 Å². The number of ketones is 1. The second kappa shape index (κ2) is 6.54. The van der Waals surface area contributed by atoms with Crippen molar-refractivity contribution in [1.82, 2.24) is 0 Å². The quantitative estimate of drug-likeness (QED) is 0.631. The number of benzene rings is 3. The second-order valence-corrected chi connectivity index (χ2v) is 5.32. The lowest BCUT2D eigenvalue weighted by atomic mass is 9.98. The number of fused-ring (bicyclic) bond motifs is 1. The predicted molar refractivity (Wildman–Crippen MR) is 89.1 cm³/mol. The number of hydrogen-bond donors (Lipinski definition) is 0. The maximum Gasteiger partial charge on any atom is 0.165 e. The topological polar surface area (TPSA) is 26.3 Å². The van der Waals surface area contributed by atoms with Crippen LogP contribution in [0.1, 0.15) is 28.4 Å². The Morgan fingerprint density at radius 1 is 0.909 bits per heavy atom. The first kappa shape index (κ1) is 14.5. The summed E-state index contributed by atoms with van der Waals surface area (Å²) in [4.78, 5) is 12.4. The monoisotopic (exact) mass is 290 g/mol. The summed E-state index contributed by atoms with van der Waals surface area (Å²) in [7, 11) is 1.65. The molecule has 0 radical (unpaired) electrons. The van der Waals surface area contributed by atoms with Crippen molar-refractivity contribution in [2.75, 3.05) is 7.11 Å². The molecule has 0 aromatic heterocycles. The van der Waals surface area contributed by atoms with Crippen LogP contribution in [0.5, 0.6) is 0 Å². The van der Waals surface area contributed by atoms with E-state index in [1.165, 1.54) is 5.39 Å². The molecule has 2 nitrogen and oxygen atoms in total. The van der Waals surface area contributed by atoms with Gasteiger partial charge in [0.2, 0.25) is 0 Å². The Balaban J connectivity index is 1.85. The number of rotatable bonds is 5. The molecule has 2 heteroatoms. The van der Waals surface area contributed by atoms with Crippen LogP contribution in [-0.4, -0.2) is 12.9 Å². The molecule has 22 heavy (non-hydrogen) atoms. The van der Waals surface area contributed by atoms with Crippen LogP contribution < -0.4 is 0 Å². The number of ether oxygens (including phenoxy) is 1. The van der Waals surface area contributed by atoms with E-state index in [4.69, 9.17) is 4.74 Å². The van der Waals surface area contributed by atoms with Crippen LogP contribution in [0.15, 0.2) is 72.8 Å². The van der Waals surface area contributed by atoms with Gasteiger partial charge in [0.25, 0.3) is 0 Å². The average Bonchev–Trinajstić information content (AvgIpc) is 2.59. The molecule has 3 aromatic carbocycles. The molecule has 1 atom stereocenters. The largest absolute Gasteiger partial charge is 0.376 e. The molecular weight excluding hydrogens is 272 g/mol. The second-order valence-electron chi connectivity index (χ2n) is 5.32. The van der Waals surface area contributed by atoms with E-state index in [2.05, 4.69) is 24.3 Å². The molecule has 0 amide bonds. The first-order valence-corrected chi connectivity index (χ1v) is 7.37. The summed E-state index contributed by atoms with van der Waals surface area (Å²) in [6.07, 6.45) is 0.121. The molecular formula is C20H18O2. The maximum absolute atomic E-state index is 12.4. The summed E-state index contributed by atoms with van der Waals surface area (Å²) >= 11 is 0. The highest BCUT2D eigenvalue weighted by Crippen LogP contribution is 2.26. The minimum Gasteiger partial charge on any atom is -0.376 e. The Bertz CT molecular complexity index is 778. The molecule has 0 aliphatic carbocycles. The third-order valence-electron chi connectivity index (χ3n) is 3.90. The Morgan fingerprint density at radius 3 is 2.32 bits per heavy atom. The lowest BCUT2D eigenvalue weighted by Crippen LogP contribution is -2.09. The summed E-state index contributed by atoms with van der Waals surface area (Å²) in [6.45, 7) is 0. The minimum atomic E-state index is -0.225. The molecule has 0 heterocycles. The fourth-order valence-electron chi connectivity index (χ4n) is 2.66. The highest BCUT2D eigenvalue weighted by molar-refractivity contribution is 5.96. The van der Waals surface area contributed by atoms with E-state index in [-0.39, 0.29) is 11.9 Å². The van der Waals surface area contributed by atoms with E-state index >= 15 is 0 Å². The highest BCUT2D eigenvalue weighted by atomic mass is 16.5. The molecule has 3 aromatic rings. The SMILES string of the molecule is COC(CC(=O)c1ccccc1)c1ccc2ccccc2c1. The van der Waals surface area contributed by atoms with Crippen LogP contribution in [0.25, 0.3) is 10.8 Å². The van der Waals surface area contributed by atoms with Gasteiger partial charge in [0.1, 0.15) is 0 Å². The molecule has 0 bridgehead atoms. The van der Waals surface area contributed by atoms with Crippen molar-refractivity contribution in [1.29, 1.82) is 0 Å². The van der Waals surface area contributed by atoms with Gasteiger partial charge in [0.05, 0.1) is 6.10 Å². The van der Waals surface area contributed by atoms with Gasteiger partial charge in [-0.25, -0.2) is 0 Å². The highest BCUT2D eigenvalue weighted by Gasteiger charge is 2.17. The van der Waals surface area contributed by atoms with Crippen molar-refractivity contribution in [3.8, 4) is 0 Å². The van der Waals surface area contributed by atoms with E-state index in [1.54, 1.807) is 7.11 Å². The zero-order chi connectivity index (χ0) is 15.4. The Morgan fingerprint density at radius 2 is 1.59 bits per heavy atom. The van der Waals surface area contributed by atoms with Gasteiger partial charge in [-0.15, -0.1) is 0 Å². The van der Waals surface area contributed by atoms with Crippen LogP contribution in [0.2, 0.25) is 0 Å². The van der Waals surface area contributed by atoms with E-state index in [0.717, 1.165) is 16.5 Å². The summed E-state index contributed by atoms with van der Waals surface area (Å²) in [5.41, 5.74) is 1.76. The van der Waals surface area contributed by atoms with Crippen molar-refractivity contribution in [3.05, 3.63) is 83.9 Å². The van der Waals surface area contributed by atoms with E-state index < -0.39 is 0 Å². The Kier molecular flexibility index (Phi) is 4.31. The third-order valence-corrected chi connectivity index (χ3v) is 3.90. The molecule has 0 aliphatic heterocycles. The van der Waals surface area contributed by atoms with Gasteiger partial charge in [-0.05, 0) is 22.4 Å². The maximum atomic E-state index is 12.4. The standard InChI is InChI=1S/C20H18O2/c1-22-20(14-19(21)16-8-3-2-4-9-16)18-12-11-15-7-5-6-10-17(15)13-18/h2-13,20H,14H2,1H3. The predicted octanol–water partition coefficient (Wildman–Crippen LogP) is 4.80. The van der Waals surface area contributed by atoms with Crippen molar-refractivity contribution in [3.63, 3.8) is 0 Å². The van der Waals surface area contributed by atoms with Crippen molar-refractivity contribution in [2.45, 2.75) is 12.5 Å². The third kappa shape index (κ3) is 3.07. The first-order chi connectivity index (χ1) is 10.8. The minimum absolute atomic E-state index is 0.0978. The van der Waals surface area contributed by atoms with Crippen LogP contribution in [0.4, 0.5) is 0 Å². The number of carbonyl (C=O) groups excluding carboxylic acids is 1. The number of Topliss-reactive ketones (excluding diaryl/α,β-unsaturated/α-hetero) is 1. The van der Waals surface area contributed by atoms with E-state index in [9.17, 15) is 4.79 Å². The fourth-order valence-corrected chi connectivity index (χ4v) is 2.66. The molecule has 1 unspecified atom stereocenters. The van der Waals surface area contributed by atoms with Crippen LogP contribution >= 0.6 is 0 Å². The van der Waals surface area contributed by atoms with Gasteiger partial charge in [-0.3, -0.25) is 4.79 Å². The van der Waals surface area contributed by atoms with Crippen molar-refractivity contribution >= 4 is 16.6 Å². The van der Waals surface area contributed by atoms with Gasteiger partial charge in [0, 0.05) is 19.1 Å². The van der Waals surface area contributed by atoms with Crippen molar-refractivity contribution < 1.29 is 9.53 Å². The zero-order valence-electron chi connectivity index (χ0n) is 12.5. The molecule has 0 aliphatic rings. The zero-order valence-corrected chi connectivity index (χ0v) is 12.5. The number of hydrogen-bond acceptors (Lipinski definition) is 2. The molecule has 0 saturated carbocycles. The summed E-state index contributed by atoms with van der Waals surface area (Å²) in [6, 6.07) is 23.8. The lowest BCUT2D eigenvalue weighted by Gasteiger charge is -2.16. The molecule has 0 spiro atoms. The average molecular weight is 290 g/mol. The normalized spacial score (nSPS) is 12.2. The fraction of sp³-hybridized carbons (Fsp3) is 0.150. The van der Waals surface area contributed by atoms with Gasteiger partial charge < -0.3 is 4.74 Å². The van der Waals surface area contributed by atoms with Crippen molar-refractivity contribution in [2.24, 2.45) is 0 Å². The number of carbonyl (C=O) groups is 1. The van der Waals surface area contributed by atoms with Crippen LogP contribution in [-0.2, 0) is 4.74 Å². The molecule has 3 rings (SSSR count). The Labute approximate surface area is 130 Å². The lowest BCUT2D eigenvalue weighted by molar-refractivity contribution is 0.0731. The van der Waals surface area contributed by atoms with Gasteiger partial charge in [0.15, 0.2) is 5.78 Å². The molecule has 0 saturated heterocycles. The summed E-state index contributed by atoms with van der Waals surface area (Å²) in [5.74, 6) is 0.0978. The van der Waals surface area contributed by atoms with E-state index in [0.29, 0.717) is 6.42 Å². The summed E-state index contributed by atoms with van der Waals surface area (Å²) in [5, 5.41) is 2.35. The smallest absolute Gasteiger partial charge is 0.165 e. The molecule has 0 fully saturated rings. The summed E-state index contributed by atoms with van der Waals surface area (Å²) < 4.78 is 5.56. The van der Waals surface area contributed by atoms with Gasteiger partial charge in [-0.2, -0.15) is 0 Å². The van der Waals surface area contributed by atoms with E-state index in [1.807, 2.05) is 48.5 Å². The Hall–Kier alpha value is -2.45. The van der Waals surface area contributed by atoms with Crippen LogP contribution in [0.3, 0.4) is 0 Å². The molecule has 0 N–H and O–H groups in total. The first-order valence-electron chi connectivity index (χ1n) is 7.37. The number of methoxy groups -OCH3 is 1. The molecule has 110 valence electrons. The van der Waals surface area contributed by atoms with Gasteiger partial charge >= 0.3 is 0 Å². The van der Waals surface area contributed by atoms with Gasteiger partial charge in [-0.1, -0.05) is 66.7 Å².